The van der Waals surface area contributed by atoms with Gasteiger partial charge in [-0.2, -0.15) is 0 Å². The molecule has 0 bridgehead atoms. The Balaban J connectivity index is 1.47. The largest absolute Gasteiger partial charge is 0.336 e. The molecule has 6 heteroatoms. The number of urea groups is 1. The SMILES string of the molecule is CC(C)(CNC(=O)NCC(c1cccs1)N1CCCC1)N1CCCCC1. The Morgan fingerprint density at radius 3 is 2.46 bits per heavy atom. The van der Waals surface area contributed by atoms with Crippen molar-refractivity contribution < 1.29 is 4.79 Å². The molecule has 1 atom stereocenters. The van der Waals surface area contributed by atoms with Gasteiger partial charge in [0.25, 0.3) is 0 Å². The van der Waals surface area contributed by atoms with E-state index < -0.39 is 0 Å². The van der Waals surface area contributed by atoms with Gasteiger partial charge in [0.15, 0.2) is 0 Å². The highest BCUT2D eigenvalue weighted by Gasteiger charge is 2.29. The van der Waals surface area contributed by atoms with Crippen molar-refractivity contribution in [2.45, 2.75) is 57.5 Å². The van der Waals surface area contributed by atoms with Crippen LogP contribution in [0.5, 0.6) is 0 Å². The van der Waals surface area contributed by atoms with E-state index in [0.29, 0.717) is 19.1 Å². The third-order valence-corrected chi connectivity index (χ3v) is 6.78. The first-order chi connectivity index (χ1) is 12.6. The Kier molecular flexibility index (Phi) is 6.95. The van der Waals surface area contributed by atoms with E-state index in [0.717, 1.165) is 26.2 Å². The Morgan fingerprint density at radius 1 is 1.12 bits per heavy atom. The highest BCUT2D eigenvalue weighted by Crippen LogP contribution is 2.27. The lowest BCUT2D eigenvalue weighted by Crippen LogP contribution is -2.54. The van der Waals surface area contributed by atoms with Crippen molar-refractivity contribution in [3.8, 4) is 0 Å². The fourth-order valence-electron chi connectivity index (χ4n) is 4.10. The number of piperidine rings is 1. The molecule has 2 saturated heterocycles. The van der Waals surface area contributed by atoms with Gasteiger partial charge < -0.3 is 10.6 Å². The molecule has 5 nitrogen and oxygen atoms in total. The summed E-state index contributed by atoms with van der Waals surface area (Å²) in [4.78, 5) is 18.8. The number of carbonyl (C=O) groups excluding carboxylic acids is 1. The predicted molar refractivity (Wildman–Crippen MR) is 109 cm³/mol. The molecule has 2 amide bonds. The zero-order chi connectivity index (χ0) is 18.4. The summed E-state index contributed by atoms with van der Waals surface area (Å²) >= 11 is 1.79. The van der Waals surface area contributed by atoms with Crippen LogP contribution >= 0.6 is 11.3 Å². The van der Waals surface area contributed by atoms with Crippen LogP contribution in [-0.2, 0) is 0 Å². The number of hydrogen-bond donors (Lipinski definition) is 2. The summed E-state index contributed by atoms with van der Waals surface area (Å²) in [6.45, 7) is 10.4. The number of carbonyl (C=O) groups is 1. The third-order valence-electron chi connectivity index (χ3n) is 5.80. The molecular weight excluding hydrogens is 344 g/mol. The Morgan fingerprint density at radius 2 is 1.81 bits per heavy atom. The minimum atomic E-state index is -0.0455. The second-order valence-electron chi connectivity index (χ2n) is 8.20. The zero-order valence-corrected chi connectivity index (χ0v) is 17.1. The van der Waals surface area contributed by atoms with Crippen molar-refractivity contribution >= 4 is 17.4 Å². The number of hydrogen-bond acceptors (Lipinski definition) is 4. The molecule has 0 aliphatic carbocycles. The zero-order valence-electron chi connectivity index (χ0n) is 16.3. The van der Waals surface area contributed by atoms with Crippen LogP contribution in [0.3, 0.4) is 0 Å². The Hall–Kier alpha value is -1.11. The van der Waals surface area contributed by atoms with Gasteiger partial charge in [0.1, 0.15) is 0 Å². The summed E-state index contributed by atoms with van der Waals surface area (Å²) in [6.07, 6.45) is 6.40. The second-order valence-corrected chi connectivity index (χ2v) is 9.18. The normalized spacial score (nSPS) is 20.8. The van der Waals surface area contributed by atoms with E-state index in [1.54, 1.807) is 11.3 Å². The van der Waals surface area contributed by atoms with E-state index in [-0.39, 0.29) is 11.6 Å². The maximum absolute atomic E-state index is 12.4. The first-order valence-corrected chi connectivity index (χ1v) is 11.0. The van der Waals surface area contributed by atoms with Crippen molar-refractivity contribution in [1.82, 2.24) is 20.4 Å². The molecule has 2 N–H and O–H groups in total. The number of rotatable bonds is 7. The molecule has 2 fully saturated rings. The standard InChI is InChI=1S/C20H34N4OS/c1-20(2,24-12-4-3-5-13-24)16-22-19(25)21-15-17(18-9-8-14-26-18)23-10-6-7-11-23/h8-9,14,17H,3-7,10-13,15-16H2,1-2H3,(H2,21,22,25). The van der Waals surface area contributed by atoms with Crippen molar-refractivity contribution in [1.29, 1.82) is 0 Å². The molecule has 0 aromatic carbocycles. The van der Waals surface area contributed by atoms with E-state index in [4.69, 9.17) is 0 Å². The van der Waals surface area contributed by atoms with Crippen LogP contribution in [0.1, 0.15) is 56.9 Å². The molecule has 3 heterocycles. The van der Waals surface area contributed by atoms with Crippen molar-refractivity contribution in [3.63, 3.8) is 0 Å². The lowest BCUT2D eigenvalue weighted by molar-refractivity contribution is 0.0959. The molecule has 1 aromatic heterocycles. The maximum atomic E-state index is 12.4. The summed E-state index contributed by atoms with van der Waals surface area (Å²) in [7, 11) is 0. The van der Waals surface area contributed by atoms with E-state index in [1.165, 1.54) is 37.0 Å². The van der Waals surface area contributed by atoms with Crippen LogP contribution in [0.25, 0.3) is 0 Å². The number of nitrogens with one attached hydrogen (secondary N) is 2. The summed E-state index contributed by atoms with van der Waals surface area (Å²) in [5.41, 5.74) is 0.0138. The summed E-state index contributed by atoms with van der Waals surface area (Å²) in [5, 5.41) is 8.35. The first-order valence-electron chi connectivity index (χ1n) is 10.1. The van der Waals surface area contributed by atoms with Crippen LogP contribution in [0, 0.1) is 0 Å². The van der Waals surface area contributed by atoms with Crippen molar-refractivity contribution in [2.24, 2.45) is 0 Å². The fourth-order valence-corrected chi connectivity index (χ4v) is 4.96. The van der Waals surface area contributed by atoms with Gasteiger partial charge >= 0.3 is 6.03 Å². The molecule has 146 valence electrons. The average molecular weight is 379 g/mol. The van der Waals surface area contributed by atoms with E-state index in [2.05, 4.69) is 51.8 Å². The molecule has 0 saturated carbocycles. The molecule has 0 spiro atoms. The minimum Gasteiger partial charge on any atom is -0.336 e. The van der Waals surface area contributed by atoms with Crippen molar-refractivity contribution in [3.05, 3.63) is 22.4 Å². The van der Waals surface area contributed by atoms with Gasteiger partial charge in [-0.3, -0.25) is 9.80 Å². The Labute approximate surface area is 162 Å². The molecule has 0 radical (unpaired) electrons. The molecule has 1 aromatic rings. The lowest BCUT2D eigenvalue weighted by Gasteiger charge is -2.41. The van der Waals surface area contributed by atoms with Crippen LogP contribution in [-0.4, -0.2) is 60.6 Å². The smallest absolute Gasteiger partial charge is 0.314 e. The van der Waals surface area contributed by atoms with Crippen LogP contribution in [0.4, 0.5) is 4.79 Å². The molecule has 3 rings (SSSR count). The highest BCUT2D eigenvalue weighted by atomic mass is 32.1. The minimum absolute atomic E-state index is 0.0138. The van der Waals surface area contributed by atoms with Gasteiger partial charge in [-0.1, -0.05) is 12.5 Å². The Bertz CT molecular complexity index is 548. The summed E-state index contributed by atoms with van der Waals surface area (Å²) in [5.74, 6) is 0. The molecule has 26 heavy (non-hydrogen) atoms. The monoisotopic (exact) mass is 378 g/mol. The number of likely N-dealkylation sites (tertiary alicyclic amines) is 2. The van der Waals surface area contributed by atoms with Crippen LogP contribution in [0.15, 0.2) is 17.5 Å². The number of nitrogens with zero attached hydrogens (tertiary/aromatic N) is 2. The van der Waals surface area contributed by atoms with Crippen molar-refractivity contribution in [2.75, 3.05) is 39.3 Å². The molecule has 2 aliphatic heterocycles. The number of thiophene rings is 1. The van der Waals surface area contributed by atoms with E-state index in [9.17, 15) is 4.79 Å². The van der Waals surface area contributed by atoms with Crippen LogP contribution < -0.4 is 10.6 Å². The highest BCUT2D eigenvalue weighted by molar-refractivity contribution is 7.10. The third kappa shape index (κ3) is 5.21. The first kappa shape index (κ1) is 19.6. The second kappa shape index (κ2) is 9.20. The van der Waals surface area contributed by atoms with Gasteiger partial charge in [-0.15, -0.1) is 11.3 Å². The quantitative estimate of drug-likeness (QED) is 0.764. The predicted octanol–water partition coefficient (Wildman–Crippen LogP) is 3.45. The number of amides is 2. The summed E-state index contributed by atoms with van der Waals surface area (Å²) in [6, 6.07) is 4.55. The lowest BCUT2D eigenvalue weighted by atomic mass is 9.98. The topological polar surface area (TPSA) is 47.6 Å². The average Bonchev–Trinajstić information content (AvgIpc) is 3.36. The maximum Gasteiger partial charge on any atom is 0.314 e. The van der Waals surface area contributed by atoms with Gasteiger partial charge in [0, 0.05) is 23.5 Å². The molecule has 1 unspecified atom stereocenters. The molecular formula is C20H34N4OS. The van der Waals surface area contributed by atoms with Crippen LogP contribution in [0.2, 0.25) is 0 Å². The fraction of sp³-hybridized carbons (Fsp3) is 0.750. The van der Waals surface area contributed by atoms with Gasteiger partial charge in [-0.25, -0.2) is 4.79 Å². The van der Waals surface area contributed by atoms with Gasteiger partial charge in [-0.05, 0) is 77.2 Å². The molecule has 2 aliphatic rings. The summed E-state index contributed by atoms with van der Waals surface area (Å²) < 4.78 is 0. The van der Waals surface area contributed by atoms with Gasteiger partial charge in [0.05, 0.1) is 6.04 Å². The van der Waals surface area contributed by atoms with E-state index >= 15 is 0 Å². The van der Waals surface area contributed by atoms with E-state index in [1.807, 2.05) is 0 Å². The van der Waals surface area contributed by atoms with Gasteiger partial charge in [0.2, 0.25) is 0 Å².